The van der Waals surface area contributed by atoms with Gasteiger partial charge in [-0.05, 0) is 25.0 Å². The Labute approximate surface area is 145 Å². The maximum atomic E-state index is 12.9. The SMILES string of the molecule is CCC1(C#N)CCN(c2ccnn3cc(-c4cnn(C)c4)cc23)C1=O. The number of aromatic nitrogens is 4. The van der Waals surface area contributed by atoms with Gasteiger partial charge < -0.3 is 4.90 Å². The lowest BCUT2D eigenvalue weighted by molar-refractivity contribution is -0.123. The predicted octanol–water partition coefficient (Wildman–Crippen LogP) is 2.39. The molecule has 1 atom stereocenters. The monoisotopic (exact) mass is 334 g/mol. The van der Waals surface area contributed by atoms with Crippen LogP contribution in [0.5, 0.6) is 0 Å². The Morgan fingerprint density at radius 2 is 2.16 bits per heavy atom. The smallest absolute Gasteiger partial charge is 0.247 e. The fraction of sp³-hybridized carbons (Fsp3) is 0.333. The first-order valence-corrected chi connectivity index (χ1v) is 8.27. The topological polar surface area (TPSA) is 79.2 Å². The molecule has 1 aliphatic heterocycles. The lowest BCUT2D eigenvalue weighted by atomic mass is 9.85. The predicted molar refractivity (Wildman–Crippen MR) is 92.7 cm³/mol. The number of anilines is 1. The van der Waals surface area contributed by atoms with E-state index >= 15 is 0 Å². The number of carbonyl (C=O) groups is 1. The highest BCUT2D eigenvalue weighted by Crippen LogP contribution is 2.39. The molecular formula is C18H18N6O. The van der Waals surface area contributed by atoms with E-state index in [4.69, 9.17) is 0 Å². The summed E-state index contributed by atoms with van der Waals surface area (Å²) in [5, 5.41) is 18.1. The third-order valence-electron chi connectivity index (χ3n) is 5.05. The van der Waals surface area contributed by atoms with Gasteiger partial charge in [-0.2, -0.15) is 15.5 Å². The normalized spacial score (nSPS) is 20.4. The minimum atomic E-state index is -0.904. The van der Waals surface area contributed by atoms with Gasteiger partial charge in [-0.15, -0.1) is 0 Å². The van der Waals surface area contributed by atoms with Gasteiger partial charge in [-0.1, -0.05) is 6.92 Å². The second-order valence-corrected chi connectivity index (χ2v) is 6.43. The van der Waals surface area contributed by atoms with Crippen molar-refractivity contribution in [3.05, 3.63) is 36.9 Å². The zero-order valence-corrected chi connectivity index (χ0v) is 14.2. The zero-order chi connectivity index (χ0) is 17.6. The van der Waals surface area contributed by atoms with E-state index in [-0.39, 0.29) is 5.91 Å². The molecular weight excluding hydrogens is 316 g/mol. The molecule has 126 valence electrons. The van der Waals surface area contributed by atoms with Crippen LogP contribution in [0.25, 0.3) is 16.6 Å². The molecule has 0 aromatic carbocycles. The van der Waals surface area contributed by atoms with Crippen LogP contribution >= 0.6 is 0 Å². The number of hydrogen-bond donors (Lipinski definition) is 0. The zero-order valence-electron chi connectivity index (χ0n) is 14.2. The summed E-state index contributed by atoms with van der Waals surface area (Å²) in [6, 6.07) is 6.08. The number of rotatable bonds is 3. The van der Waals surface area contributed by atoms with Gasteiger partial charge in [-0.25, -0.2) is 4.52 Å². The van der Waals surface area contributed by atoms with Crippen molar-refractivity contribution in [2.75, 3.05) is 11.4 Å². The second-order valence-electron chi connectivity index (χ2n) is 6.43. The molecule has 0 spiro atoms. The molecule has 3 aromatic heterocycles. The molecule has 4 heterocycles. The first kappa shape index (κ1) is 15.4. The van der Waals surface area contributed by atoms with Crippen molar-refractivity contribution in [3.8, 4) is 17.2 Å². The van der Waals surface area contributed by atoms with Crippen LogP contribution in [0.4, 0.5) is 5.69 Å². The molecule has 1 saturated heterocycles. The van der Waals surface area contributed by atoms with E-state index in [2.05, 4.69) is 16.3 Å². The van der Waals surface area contributed by atoms with Gasteiger partial charge in [0.2, 0.25) is 5.91 Å². The first-order chi connectivity index (χ1) is 12.1. The Morgan fingerprint density at radius 1 is 1.32 bits per heavy atom. The summed E-state index contributed by atoms with van der Waals surface area (Å²) < 4.78 is 3.52. The molecule has 4 rings (SSSR count). The third-order valence-corrected chi connectivity index (χ3v) is 5.05. The Hall–Kier alpha value is -3.14. The van der Waals surface area contributed by atoms with Gasteiger partial charge in [0.25, 0.3) is 0 Å². The van der Waals surface area contributed by atoms with Crippen LogP contribution < -0.4 is 4.90 Å². The number of nitrogens with zero attached hydrogens (tertiary/aromatic N) is 6. The summed E-state index contributed by atoms with van der Waals surface area (Å²) in [5.74, 6) is -0.116. The summed E-state index contributed by atoms with van der Waals surface area (Å²) in [6.07, 6.45) is 8.43. The molecule has 1 fully saturated rings. The van der Waals surface area contributed by atoms with Gasteiger partial charge in [0.15, 0.2) is 0 Å². The van der Waals surface area contributed by atoms with Crippen molar-refractivity contribution in [1.82, 2.24) is 19.4 Å². The molecule has 1 amide bonds. The van der Waals surface area contributed by atoms with E-state index in [1.54, 1.807) is 26.5 Å². The summed E-state index contributed by atoms with van der Waals surface area (Å²) in [5.41, 5.74) is 2.72. The molecule has 0 N–H and O–H groups in total. The van der Waals surface area contributed by atoms with Crippen LogP contribution in [0.15, 0.2) is 36.9 Å². The molecule has 0 saturated carbocycles. The molecule has 1 aliphatic rings. The standard InChI is InChI=1S/C18H18N6O/c1-3-18(12-19)5-7-23(17(18)25)15-4-6-20-24-11-13(8-16(15)24)14-9-21-22(2)10-14/h4,6,8-11H,3,5,7H2,1-2H3. The summed E-state index contributed by atoms with van der Waals surface area (Å²) in [7, 11) is 1.87. The van der Waals surface area contributed by atoms with Gasteiger partial charge >= 0.3 is 0 Å². The van der Waals surface area contributed by atoms with E-state index in [0.29, 0.717) is 19.4 Å². The number of fused-ring (bicyclic) bond motifs is 1. The van der Waals surface area contributed by atoms with Gasteiger partial charge in [-0.3, -0.25) is 9.48 Å². The molecule has 25 heavy (non-hydrogen) atoms. The lowest BCUT2D eigenvalue weighted by Crippen LogP contribution is -2.33. The van der Waals surface area contributed by atoms with Gasteiger partial charge in [0.05, 0.1) is 23.5 Å². The summed E-state index contributed by atoms with van der Waals surface area (Å²) >= 11 is 0. The van der Waals surface area contributed by atoms with E-state index in [9.17, 15) is 10.1 Å². The number of aryl methyl sites for hydroxylation is 1. The van der Waals surface area contributed by atoms with Crippen LogP contribution in [-0.4, -0.2) is 31.8 Å². The Balaban J connectivity index is 1.80. The van der Waals surface area contributed by atoms with Gasteiger partial charge in [0.1, 0.15) is 5.41 Å². The van der Waals surface area contributed by atoms with Crippen LogP contribution in [0, 0.1) is 16.7 Å². The van der Waals surface area contributed by atoms with Crippen molar-refractivity contribution in [1.29, 1.82) is 5.26 Å². The van der Waals surface area contributed by atoms with Crippen molar-refractivity contribution in [2.24, 2.45) is 12.5 Å². The number of hydrogen-bond acceptors (Lipinski definition) is 4. The fourth-order valence-corrected chi connectivity index (χ4v) is 3.47. The minimum Gasteiger partial charge on any atom is -0.309 e. The number of carbonyl (C=O) groups excluding carboxylic acids is 1. The molecule has 0 aliphatic carbocycles. The summed E-state index contributed by atoms with van der Waals surface area (Å²) in [4.78, 5) is 14.6. The van der Waals surface area contributed by atoms with Crippen molar-refractivity contribution < 1.29 is 4.79 Å². The minimum absolute atomic E-state index is 0.116. The highest BCUT2D eigenvalue weighted by atomic mass is 16.2. The number of nitriles is 1. The van der Waals surface area contributed by atoms with E-state index in [1.165, 1.54) is 0 Å². The molecule has 3 aromatic rings. The maximum Gasteiger partial charge on any atom is 0.247 e. The Bertz CT molecular complexity index is 1010. The highest BCUT2D eigenvalue weighted by Gasteiger charge is 2.46. The highest BCUT2D eigenvalue weighted by molar-refractivity contribution is 6.04. The average Bonchev–Trinajstić information content (AvgIpc) is 3.31. The Morgan fingerprint density at radius 3 is 2.80 bits per heavy atom. The van der Waals surface area contributed by atoms with E-state index in [1.807, 2.05) is 38.5 Å². The summed E-state index contributed by atoms with van der Waals surface area (Å²) in [6.45, 7) is 2.44. The first-order valence-electron chi connectivity index (χ1n) is 8.27. The van der Waals surface area contributed by atoms with Crippen molar-refractivity contribution in [2.45, 2.75) is 19.8 Å². The third kappa shape index (κ3) is 2.22. The van der Waals surface area contributed by atoms with Crippen molar-refractivity contribution >= 4 is 17.1 Å². The van der Waals surface area contributed by atoms with E-state index in [0.717, 1.165) is 22.3 Å². The molecule has 0 radical (unpaired) electrons. The van der Waals surface area contributed by atoms with E-state index < -0.39 is 5.41 Å². The fourth-order valence-electron chi connectivity index (χ4n) is 3.47. The molecule has 0 bridgehead atoms. The Kier molecular flexibility index (Phi) is 3.35. The van der Waals surface area contributed by atoms with Crippen LogP contribution in [0.2, 0.25) is 0 Å². The van der Waals surface area contributed by atoms with Crippen LogP contribution in [0.3, 0.4) is 0 Å². The number of amides is 1. The maximum absolute atomic E-state index is 12.9. The molecule has 1 unspecified atom stereocenters. The van der Waals surface area contributed by atoms with Crippen LogP contribution in [-0.2, 0) is 11.8 Å². The second kappa shape index (κ2) is 5.45. The quantitative estimate of drug-likeness (QED) is 0.737. The lowest BCUT2D eigenvalue weighted by Gasteiger charge is -2.20. The average molecular weight is 334 g/mol. The van der Waals surface area contributed by atoms with Crippen molar-refractivity contribution in [3.63, 3.8) is 0 Å². The van der Waals surface area contributed by atoms with Gasteiger partial charge in [0, 0.05) is 43.3 Å². The molecule has 7 nitrogen and oxygen atoms in total. The van der Waals surface area contributed by atoms with Crippen LogP contribution in [0.1, 0.15) is 19.8 Å². The molecule has 7 heteroatoms. The largest absolute Gasteiger partial charge is 0.309 e.